The summed E-state index contributed by atoms with van der Waals surface area (Å²) in [6, 6.07) is 27.7. The van der Waals surface area contributed by atoms with Crippen molar-refractivity contribution in [3.8, 4) is 23.1 Å². The standard InChI is InChI=1S/C32H25N4O.Pt/c1-19-5-10-24-27(15-19)36(30-14-7-21(17-33)18-34-30)28-16-22(8-11-25(28)32(24,3)4)26-12-9-23-20(2)6-13-29(37)31(23)35-26;/h5-15,18,37H,1-4H3;/q-1;. The first-order chi connectivity index (χ1) is 17.8. The number of nitriles is 1. The smallest absolute Gasteiger partial charge is 0.140 e. The average Bonchev–Trinajstić information content (AvgIpc) is 2.90. The number of benzene rings is 3. The average molecular weight is 677 g/mol. The Morgan fingerprint density at radius 2 is 1.74 bits per heavy atom. The Morgan fingerprint density at radius 1 is 0.947 bits per heavy atom. The largest absolute Gasteiger partial charge is 0.506 e. The summed E-state index contributed by atoms with van der Waals surface area (Å²) in [6.07, 6.45) is 1.60. The number of hydrogen-bond donors (Lipinski definition) is 1. The number of phenols is 1. The van der Waals surface area contributed by atoms with E-state index in [9.17, 15) is 10.4 Å². The Labute approximate surface area is 236 Å². The van der Waals surface area contributed by atoms with E-state index in [0.717, 1.165) is 50.5 Å². The normalized spacial score (nSPS) is 13.3. The van der Waals surface area contributed by atoms with Gasteiger partial charge in [-0.25, -0.2) is 4.98 Å². The third-order valence-electron chi connectivity index (χ3n) is 7.33. The van der Waals surface area contributed by atoms with Gasteiger partial charge >= 0.3 is 0 Å². The number of pyridine rings is 2. The molecule has 38 heavy (non-hydrogen) atoms. The van der Waals surface area contributed by atoms with Crippen molar-refractivity contribution in [1.82, 2.24) is 9.97 Å². The summed E-state index contributed by atoms with van der Waals surface area (Å²) < 4.78 is 0. The zero-order valence-electron chi connectivity index (χ0n) is 21.5. The fourth-order valence-corrected chi connectivity index (χ4v) is 5.25. The molecule has 0 amide bonds. The van der Waals surface area contributed by atoms with Gasteiger partial charge in [0.15, 0.2) is 0 Å². The van der Waals surface area contributed by atoms with Crippen LogP contribution in [0.3, 0.4) is 0 Å². The molecule has 3 heterocycles. The van der Waals surface area contributed by atoms with Crippen LogP contribution < -0.4 is 4.90 Å². The second kappa shape index (κ2) is 9.39. The van der Waals surface area contributed by atoms with Gasteiger partial charge in [0, 0.05) is 38.3 Å². The van der Waals surface area contributed by atoms with Gasteiger partial charge in [0.25, 0.3) is 0 Å². The molecule has 0 aliphatic carbocycles. The number of anilines is 3. The second-order valence-corrected chi connectivity index (χ2v) is 10.1. The minimum Gasteiger partial charge on any atom is -0.506 e. The van der Waals surface area contributed by atoms with E-state index < -0.39 is 0 Å². The van der Waals surface area contributed by atoms with Crippen LogP contribution in [0.2, 0.25) is 0 Å². The molecule has 0 saturated carbocycles. The van der Waals surface area contributed by atoms with Crippen LogP contribution in [0.15, 0.2) is 72.9 Å². The fourth-order valence-electron chi connectivity index (χ4n) is 5.25. The number of hydrogen-bond acceptors (Lipinski definition) is 5. The van der Waals surface area contributed by atoms with Gasteiger partial charge in [-0.2, -0.15) is 5.26 Å². The summed E-state index contributed by atoms with van der Waals surface area (Å²) in [5, 5.41) is 20.7. The fraction of sp³-hybridized carbons (Fsp3) is 0.156. The van der Waals surface area contributed by atoms with Gasteiger partial charge in [0.05, 0.1) is 5.56 Å². The van der Waals surface area contributed by atoms with Gasteiger partial charge in [-0.05, 0) is 71.6 Å². The van der Waals surface area contributed by atoms with Crippen LogP contribution in [-0.4, -0.2) is 15.1 Å². The summed E-state index contributed by atoms with van der Waals surface area (Å²) in [5.41, 5.74) is 8.86. The molecule has 0 unspecified atom stereocenters. The van der Waals surface area contributed by atoms with Gasteiger partial charge in [-0.15, -0.1) is 23.8 Å². The molecule has 2 aromatic heterocycles. The number of aromatic nitrogens is 2. The second-order valence-electron chi connectivity index (χ2n) is 10.1. The molecule has 0 spiro atoms. The van der Waals surface area contributed by atoms with E-state index in [1.807, 2.05) is 37.3 Å². The molecule has 0 bridgehead atoms. The van der Waals surface area contributed by atoms with Crippen molar-refractivity contribution in [2.45, 2.75) is 33.1 Å². The number of nitrogens with zero attached hydrogens (tertiary/aromatic N) is 4. The van der Waals surface area contributed by atoms with E-state index in [1.54, 1.807) is 18.3 Å². The number of aryl methyl sites for hydroxylation is 2. The van der Waals surface area contributed by atoms with Crippen molar-refractivity contribution in [3.63, 3.8) is 0 Å². The maximum Gasteiger partial charge on any atom is 0.140 e. The predicted octanol–water partition coefficient (Wildman–Crippen LogP) is 7.40. The quantitative estimate of drug-likeness (QED) is 0.198. The van der Waals surface area contributed by atoms with Crippen molar-refractivity contribution in [2.24, 2.45) is 0 Å². The first-order valence-corrected chi connectivity index (χ1v) is 12.2. The number of aromatic hydroxyl groups is 1. The molecule has 1 N–H and O–H groups in total. The molecule has 5 nitrogen and oxygen atoms in total. The van der Waals surface area contributed by atoms with Crippen molar-refractivity contribution < 1.29 is 26.2 Å². The molecule has 1 aliphatic rings. The summed E-state index contributed by atoms with van der Waals surface area (Å²) in [5.74, 6) is 0.880. The summed E-state index contributed by atoms with van der Waals surface area (Å²) in [6.45, 7) is 8.55. The van der Waals surface area contributed by atoms with E-state index in [2.05, 4.69) is 67.1 Å². The van der Waals surface area contributed by atoms with E-state index in [4.69, 9.17) is 4.98 Å². The van der Waals surface area contributed by atoms with E-state index in [-0.39, 0.29) is 32.2 Å². The minimum absolute atomic E-state index is 0. The molecule has 0 radical (unpaired) electrons. The van der Waals surface area contributed by atoms with Crippen LogP contribution in [0.5, 0.6) is 5.75 Å². The third-order valence-corrected chi connectivity index (χ3v) is 7.33. The monoisotopic (exact) mass is 676 g/mol. The van der Waals surface area contributed by atoms with Crippen molar-refractivity contribution in [2.75, 3.05) is 4.90 Å². The van der Waals surface area contributed by atoms with Gasteiger partial charge in [0.1, 0.15) is 23.2 Å². The Bertz CT molecular complexity index is 1750. The molecule has 5 aromatic rings. The van der Waals surface area contributed by atoms with Crippen molar-refractivity contribution >= 4 is 28.1 Å². The molecule has 3 aromatic carbocycles. The van der Waals surface area contributed by atoms with Crippen molar-refractivity contribution in [3.05, 3.63) is 107 Å². The first kappa shape index (κ1) is 25.6. The molecule has 0 saturated heterocycles. The van der Waals surface area contributed by atoms with Gasteiger partial charge in [-0.3, -0.25) is 4.98 Å². The number of phenolic OH excluding ortho intramolecular Hbond substituents is 1. The summed E-state index contributed by atoms with van der Waals surface area (Å²) in [7, 11) is 0. The van der Waals surface area contributed by atoms with Crippen molar-refractivity contribution in [1.29, 1.82) is 5.26 Å². The minimum atomic E-state index is -0.261. The van der Waals surface area contributed by atoms with Gasteiger partial charge < -0.3 is 10.0 Å². The number of fused-ring (bicyclic) bond motifs is 3. The van der Waals surface area contributed by atoms with Gasteiger partial charge in [0.2, 0.25) is 0 Å². The molecular weight excluding hydrogens is 651 g/mol. The van der Waals surface area contributed by atoms with Crippen LogP contribution in [-0.2, 0) is 26.5 Å². The van der Waals surface area contributed by atoms with E-state index in [0.29, 0.717) is 11.1 Å². The van der Waals surface area contributed by atoms with E-state index in [1.165, 1.54) is 5.56 Å². The summed E-state index contributed by atoms with van der Waals surface area (Å²) in [4.78, 5) is 11.6. The molecular formula is C32H25N4OPt-. The van der Waals surface area contributed by atoms with Crippen LogP contribution in [0, 0.1) is 31.2 Å². The zero-order valence-corrected chi connectivity index (χ0v) is 23.8. The molecule has 190 valence electrons. The maximum atomic E-state index is 10.5. The van der Waals surface area contributed by atoms with Gasteiger partial charge in [-0.1, -0.05) is 49.7 Å². The predicted molar refractivity (Wildman–Crippen MR) is 146 cm³/mol. The van der Waals surface area contributed by atoms with Crippen LogP contribution >= 0.6 is 0 Å². The van der Waals surface area contributed by atoms with E-state index >= 15 is 0 Å². The first-order valence-electron chi connectivity index (χ1n) is 12.2. The number of rotatable bonds is 2. The Morgan fingerprint density at radius 3 is 2.47 bits per heavy atom. The summed E-state index contributed by atoms with van der Waals surface area (Å²) >= 11 is 0. The van der Waals surface area contributed by atoms with Crippen LogP contribution in [0.25, 0.3) is 22.2 Å². The Kier molecular flexibility index (Phi) is 6.33. The molecule has 6 rings (SSSR count). The molecule has 0 fully saturated rings. The third kappa shape index (κ3) is 3.97. The maximum absolute atomic E-state index is 10.5. The Hall–Kier alpha value is -4.00. The molecule has 6 heteroatoms. The van der Waals surface area contributed by atoms with Crippen LogP contribution in [0.4, 0.5) is 17.2 Å². The molecule has 0 atom stereocenters. The Balaban J connectivity index is 0.00000294. The SMILES string of the molecule is Cc1ccc2c(c1)N(c1ccc(C#N)cn1)c1[c-]c(-c3ccc4c(C)ccc(O)c4n3)ccc1C2(C)C.[Pt]. The molecule has 1 aliphatic heterocycles. The van der Waals surface area contributed by atoms with Crippen LogP contribution in [0.1, 0.15) is 41.7 Å². The zero-order chi connectivity index (χ0) is 25.9. The topological polar surface area (TPSA) is 73.0 Å².